The number of fused-ring (bicyclic) bond motifs is 8. The minimum absolute atomic E-state index is 0.660. The maximum Gasteiger partial charge on any atom is 0.164 e. The van der Waals surface area contributed by atoms with Gasteiger partial charge in [-0.1, -0.05) is 152 Å². The minimum Gasteiger partial charge on any atom is -0.309 e. The van der Waals surface area contributed by atoms with Crippen molar-refractivity contribution in [2.24, 2.45) is 0 Å². The van der Waals surface area contributed by atoms with E-state index in [1.54, 1.807) is 0 Å². The first-order chi connectivity index (χ1) is 26.8. The number of benzene rings is 8. The van der Waals surface area contributed by atoms with E-state index in [-0.39, 0.29) is 0 Å². The van der Waals surface area contributed by atoms with Gasteiger partial charge < -0.3 is 4.57 Å². The average molecular weight is 707 g/mol. The molecule has 11 rings (SSSR count). The zero-order valence-corrected chi connectivity index (χ0v) is 29.8. The molecule has 11 aromatic rings. The third kappa shape index (κ3) is 4.94. The molecular weight excluding hydrogens is 677 g/mol. The molecule has 0 unspecified atom stereocenters. The van der Waals surface area contributed by atoms with Gasteiger partial charge in [0.15, 0.2) is 17.5 Å². The Bertz CT molecular complexity index is 3140. The summed E-state index contributed by atoms with van der Waals surface area (Å²) < 4.78 is 4.90. The zero-order valence-electron chi connectivity index (χ0n) is 29.0. The summed E-state index contributed by atoms with van der Waals surface area (Å²) in [6.45, 7) is 0. The van der Waals surface area contributed by atoms with E-state index in [0.29, 0.717) is 17.5 Å². The fourth-order valence-electron chi connectivity index (χ4n) is 7.93. The van der Waals surface area contributed by atoms with Crippen LogP contribution in [0.15, 0.2) is 182 Å². The molecule has 3 heterocycles. The number of hydrogen-bond acceptors (Lipinski definition) is 4. The number of rotatable bonds is 5. The molecule has 0 N–H and O–H groups in total. The predicted molar refractivity (Wildman–Crippen MR) is 226 cm³/mol. The van der Waals surface area contributed by atoms with Crippen molar-refractivity contribution in [3.8, 4) is 51.0 Å². The topological polar surface area (TPSA) is 43.6 Å². The molecule has 4 nitrogen and oxygen atoms in total. The molecule has 3 aromatic heterocycles. The lowest BCUT2D eigenvalue weighted by molar-refractivity contribution is 1.07. The Morgan fingerprint density at radius 2 is 0.870 bits per heavy atom. The molecule has 5 heteroatoms. The van der Waals surface area contributed by atoms with E-state index in [0.717, 1.165) is 16.7 Å². The second-order valence-corrected chi connectivity index (χ2v) is 14.7. The van der Waals surface area contributed by atoms with Gasteiger partial charge in [-0.05, 0) is 46.8 Å². The van der Waals surface area contributed by atoms with E-state index in [9.17, 15) is 0 Å². The molecule has 252 valence electrons. The van der Waals surface area contributed by atoms with E-state index < -0.39 is 0 Å². The Morgan fingerprint density at radius 3 is 1.56 bits per heavy atom. The Balaban J connectivity index is 1.12. The highest BCUT2D eigenvalue weighted by Crippen LogP contribution is 2.44. The van der Waals surface area contributed by atoms with Crippen molar-refractivity contribution < 1.29 is 0 Å². The molecule has 0 saturated carbocycles. The van der Waals surface area contributed by atoms with Crippen LogP contribution in [0.2, 0.25) is 0 Å². The van der Waals surface area contributed by atoms with Gasteiger partial charge in [0.25, 0.3) is 0 Å². The second-order valence-electron chi connectivity index (χ2n) is 13.6. The molecule has 0 aliphatic carbocycles. The summed E-state index contributed by atoms with van der Waals surface area (Å²) in [5.41, 5.74) is 8.90. The monoisotopic (exact) mass is 706 g/mol. The first-order valence-corrected chi connectivity index (χ1v) is 18.9. The normalized spacial score (nSPS) is 11.7. The van der Waals surface area contributed by atoms with Crippen LogP contribution in [0.1, 0.15) is 0 Å². The Hall–Kier alpha value is -6.95. The van der Waals surface area contributed by atoms with Crippen molar-refractivity contribution >= 4 is 64.1 Å². The molecule has 8 aromatic carbocycles. The number of hydrogen-bond donors (Lipinski definition) is 0. The van der Waals surface area contributed by atoms with Gasteiger partial charge in [-0.2, -0.15) is 0 Å². The largest absolute Gasteiger partial charge is 0.309 e. The van der Waals surface area contributed by atoms with E-state index in [1.807, 2.05) is 72.0 Å². The molecule has 0 fully saturated rings. The van der Waals surface area contributed by atoms with Gasteiger partial charge in [0, 0.05) is 53.0 Å². The summed E-state index contributed by atoms with van der Waals surface area (Å²) in [6.07, 6.45) is 0. The van der Waals surface area contributed by atoms with Crippen molar-refractivity contribution in [1.82, 2.24) is 19.5 Å². The minimum atomic E-state index is 0.660. The van der Waals surface area contributed by atoms with Crippen molar-refractivity contribution in [1.29, 1.82) is 0 Å². The Morgan fingerprint density at radius 1 is 0.333 bits per heavy atom. The fourth-order valence-corrected chi connectivity index (χ4v) is 9.12. The van der Waals surface area contributed by atoms with Crippen LogP contribution in [0.5, 0.6) is 0 Å². The van der Waals surface area contributed by atoms with E-state index in [2.05, 4.69) is 126 Å². The molecule has 0 spiro atoms. The number of nitrogens with zero attached hydrogens (tertiary/aromatic N) is 4. The quantitative estimate of drug-likeness (QED) is 0.179. The molecule has 0 radical (unpaired) electrons. The van der Waals surface area contributed by atoms with Gasteiger partial charge in [-0.25, -0.2) is 15.0 Å². The number of thiophene rings is 1. The summed E-state index contributed by atoms with van der Waals surface area (Å²) in [5, 5.41) is 7.47. The standard InChI is InChI=1S/C49H30N4S/c1-4-14-31(15-5-1)34-25-27-42-40(28-34)37-21-12-13-23-41(37)53(42)43-30-45-46(38-22-11-10-20-36(38)43)39-26-24-35(29-44(39)54-45)49-51-47(32-16-6-2-7-17-32)50-48(52-49)33-18-8-3-9-19-33/h1-30H. The smallest absolute Gasteiger partial charge is 0.164 e. The molecular formula is C49H30N4S. The van der Waals surface area contributed by atoms with Crippen LogP contribution in [0.4, 0.5) is 0 Å². The first-order valence-electron chi connectivity index (χ1n) is 18.1. The summed E-state index contributed by atoms with van der Waals surface area (Å²) in [4.78, 5) is 14.9. The Kier molecular flexibility index (Phi) is 7.00. The SMILES string of the molecule is c1ccc(-c2ccc3c(c2)c2ccccc2n3-c2cc3sc4cc(-c5nc(-c6ccccc6)nc(-c6ccccc6)n5)ccc4c3c3ccccc23)cc1. The van der Waals surface area contributed by atoms with Gasteiger partial charge in [-0.15, -0.1) is 11.3 Å². The molecule has 0 amide bonds. The second kappa shape index (κ2) is 12.3. The molecule has 0 atom stereocenters. The first kappa shape index (κ1) is 30.7. The predicted octanol–water partition coefficient (Wildman–Crippen LogP) is 13.2. The van der Waals surface area contributed by atoms with Gasteiger partial charge in [0.05, 0.1) is 16.7 Å². The summed E-state index contributed by atoms with van der Waals surface area (Å²) >= 11 is 1.82. The van der Waals surface area contributed by atoms with Gasteiger partial charge >= 0.3 is 0 Å². The fraction of sp³-hybridized carbons (Fsp3) is 0. The average Bonchev–Trinajstić information content (AvgIpc) is 3.79. The van der Waals surface area contributed by atoms with Crippen molar-refractivity contribution in [3.63, 3.8) is 0 Å². The highest BCUT2D eigenvalue weighted by atomic mass is 32.1. The van der Waals surface area contributed by atoms with Crippen LogP contribution in [0.3, 0.4) is 0 Å². The number of aromatic nitrogens is 4. The summed E-state index contributed by atoms with van der Waals surface area (Å²) in [6, 6.07) is 64.5. The highest BCUT2D eigenvalue weighted by Gasteiger charge is 2.19. The van der Waals surface area contributed by atoms with Gasteiger partial charge in [0.1, 0.15) is 0 Å². The maximum atomic E-state index is 5.02. The Labute approximate surface area is 315 Å². The van der Waals surface area contributed by atoms with Crippen LogP contribution in [-0.4, -0.2) is 19.5 Å². The summed E-state index contributed by atoms with van der Waals surface area (Å²) in [7, 11) is 0. The van der Waals surface area contributed by atoms with Gasteiger partial charge in [0.2, 0.25) is 0 Å². The van der Waals surface area contributed by atoms with Crippen LogP contribution in [0, 0.1) is 0 Å². The van der Waals surface area contributed by atoms with Crippen LogP contribution >= 0.6 is 11.3 Å². The molecule has 0 saturated heterocycles. The highest BCUT2D eigenvalue weighted by molar-refractivity contribution is 7.26. The van der Waals surface area contributed by atoms with Crippen molar-refractivity contribution in [2.45, 2.75) is 0 Å². The van der Waals surface area contributed by atoms with Crippen molar-refractivity contribution in [2.75, 3.05) is 0 Å². The number of para-hydroxylation sites is 1. The third-order valence-electron chi connectivity index (χ3n) is 10.4. The molecule has 0 aliphatic rings. The lowest BCUT2D eigenvalue weighted by Gasteiger charge is -2.13. The summed E-state index contributed by atoms with van der Waals surface area (Å²) in [5.74, 6) is 1.98. The van der Waals surface area contributed by atoms with Crippen LogP contribution < -0.4 is 0 Å². The van der Waals surface area contributed by atoms with Crippen LogP contribution in [0.25, 0.3) is 104 Å². The maximum absolute atomic E-state index is 5.02. The molecule has 0 bridgehead atoms. The van der Waals surface area contributed by atoms with Crippen molar-refractivity contribution in [3.05, 3.63) is 182 Å². The van der Waals surface area contributed by atoms with E-state index >= 15 is 0 Å². The van der Waals surface area contributed by atoms with E-state index in [4.69, 9.17) is 15.0 Å². The van der Waals surface area contributed by atoms with Crippen LogP contribution in [-0.2, 0) is 0 Å². The lowest BCUT2D eigenvalue weighted by atomic mass is 10.0. The zero-order chi connectivity index (χ0) is 35.6. The third-order valence-corrected chi connectivity index (χ3v) is 11.5. The molecule has 0 aliphatic heterocycles. The van der Waals surface area contributed by atoms with E-state index in [1.165, 1.54) is 69.6 Å². The molecule has 54 heavy (non-hydrogen) atoms. The lowest BCUT2D eigenvalue weighted by Crippen LogP contribution is -1.99. The van der Waals surface area contributed by atoms with Gasteiger partial charge in [-0.3, -0.25) is 0 Å².